The lowest BCUT2D eigenvalue weighted by atomic mass is 10.0. The van der Waals surface area contributed by atoms with Crippen molar-refractivity contribution in [2.75, 3.05) is 31.2 Å². The van der Waals surface area contributed by atoms with Crippen LogP contribution in [0, 0.1) is 0 Å². The van der Waals surface area contributed by atoms with Gasteiger partial charge in [-0.2, -0.15) is 17.7 Å². The molecule has 2 aromatic rings. The van der Waals surface area contributed by atoms with Crippen molar-refractivity contribution in [2.45, 2.75) is 5.51 Å². The Kier molecular flexibility index (Phi) is 7.77. The zero-order valence-corrected chi connectivity index (χ0v) is 16.8. The number of ether oxygens (including phenoxy) is 1. The van der Waals surface area contributed by atoms with Gasteiger partial charge in [0.1, 0.15) is 5.69 Å². The van der Waals surface area contributed by atoms with E-state index >= 15 is 0 Å². The smallest absolute Gasteiger partial charge is 0.485 e. The normalized spacial score (nSPS) is 14.5. The number of alkyl halides is 3. The zero-order chi connectivity index (χ0) is 22.4. The third-order valence-electron chi connectivity index (χ3n) is 4.27. The number of rotatable bonds is 4. The molecule has 1 aliphatic rings. The summed E-state index contributed by atoms with van der Waals surface area (Å²) in [7, 11) is -6.09. The van der Waals surface area contributed by atoms with Gasteiger partial charge in [-0.15, -0.1) is 0 Å². The van der Waals surface area contributed by atoms with Gasteiger partial charge in [-0.25, -0.2) is 8.42 Å². The molecule has 0 amide bonds. The van der Waals surface area contributed by atoms with E-state index < -0.39 is 15.6 Å². The lowest BCUT2D eigenvalue weighted by Crippen LogP contribution is -2.38. The van der Waals surface area contributed by atoms with Gasteiger partial charge in [-0.3, -0.25) is 0 Å². The van der Waals surface area contributed by atoms with Gasteiger partial charge in [0.25, 0.3) is 0 Å². The van der Waals surface area contributed by atoms with Gasteiger partial charge < -0.3 is 14.2 Å². The molecule has 2 heterocycles. The SMILES string of the molecule is C=Cc1ccccc1-c1ccc(N2CCOCC2)c[n+]1C=C.O=S(=O)([O-])C(F)(F)F. The fourth-order valence-electron chi connectivity index (χ4n) is 2.80. The molecular weight excluding hydrogens is 421 g/mol. The second-order valence-corrected chi connectivity index (χ2v) is 7.52. The van der Waals surface area contributed by atoms with E-state index in [4.69, 9.17) is 17.7 Å². The fraction of sp³-hybridized carbons (Fsp3) is 0.250. The molecular formula is C20H21F3N2O4S. The summed E-state index contributed by atoms with van der Waals surface area (Å²) < 4.78 is 66.4. The molecule has 1 aromatic heterocycles. The van der Waals surface area contributed by atoms with Crippen LogP contribution in [-0.4, -0.2) is 44.8 Å². The Hall–Kier alpha value is -2.69. The molecule has 0 spiro atoms. The lowest BCUT2D eigenvalue weighted by Gasteiger charge is -2.27. The summed E-state index contributed by atoms with van der Waals surface area (Å²) in [4.78, 5) is 2.34. The molecule has 1 saturated heterocycles. The number of halogens is 3. The number of pyridine rings is 1. The van der Waals surface area contributed by atoms with Crippen LogP contribution < -0.4 is 9.47 Å². The highest BCUT2D eigenvalue weighted by Gasteiger charge is 2.36. The van der Waals surface area contributed by atoms with E-state index in [1.54, 1.807) is 0 Å². The Bertz CT molecular complexity index is 1000. The van der Waals surface area contributed by atoms with E-state index in [0.29, 0.717) is 0 Å². The minimum atomic E-state index is -6.09. The van der Waals surface area contributed by atoms with Crippen molar-refractivity contribution in [1.82, 2.24) is 0 Å². The van der Waals surface area contributed by atoms with E-state index in [1.165, 1.54) is 5.69 Å². The molecule has 3 rings (SSSR count). The summed E-state index contributed by atoms with van der Waals surface area (Å²) in [5, 5.41) is 0. The Morgan fingerprint density at radius 3 is 2.23 bits per heavy atom. The van der Waals surface area contributed by atoms with Crippen LogP contribution in [0.25, 0.3) is 23.5 Å². The molecule has 0 aliphatic carbocycles. The van der Waals surface area contributed by atoms with E-state index in [0.717, 1.165) is 43.1 Å². The minimum absolute atomic E-state index is 0.787. The molecule has 1 aliphatic heterocycles. The number of anilines is 1. The summed E-state index contributed by atoms with van der Waals surface area (Å²) in [6.07, 6.45) is 5.87. The molecule has 1 fully saturated rings. The van der Waals surface area contributed by atoms with E-state index in [9.17, 15) is 13.2 Å². The maximum absolute atomic E-state index is 10.7. The molecule has 162 valence electrons. The summed E-state index contributed by atoms with van der Waals surface area (Å²) in [5.41, 5.74) is -1.05. The Morgan fingerprint density at radius 1 is 1.10 bits per heavy atom. The molecule has 0 saturated carbocycles. The second-order valence-electron chi connectivity index (χ2n) is 6.15. The minimum Gasteiger partial charge on any atom is -0.741 e. The fourth-order valence-corrected chi connectivity index (χ4v) is 2.80. The van der Waals surface area contributed by atoms with Gasteiger partial charge in [0.2, 0.25) is 5.69 Å². The lowest BCUT2D eigenvalue weighted by molar-refractivity contribution is -0.555. The average Bonchev–Trinajstić information content (AvgIpc) is 2.73. The summed E-state index contributed by atoms with van der Waals surface area (Å²) in [5.74, 6) is 0. The van der Waals surface area contributed by atoms with E-state index in [1.807, 2.05) is 24.4 Å². The summed E-state index contributed by atoms with van der Waals surface area (Å²) in [6.45, 7) is 11.3. The molecule has 0 radical (unpaired) electrons. The van der Waals surface area contributed by atoms with Gasteiger partial charge in [-0.1, -0.05) is 30.9 Å². The van der Waals surface area contributed by atoms with E-state index in [-0.39, 0.29) is 0 Å². The number of morpholine rings is 1. The molecule has 30 heavy (non-hydrogen) atoms. The highest BCUT2D eigenvalue weighted by Crippen LogP contribution is 2.24. The number of aromatic nitrogens is 1. The molecule has 1 aromatic carbocycles. The van der Waals surface area contributed by atoms with Crippen LogP contribution in [0.15, 0.2) is 55.8 Å². The topological polar surface area (TPSA) is 73.5 Å². The number of hydrogen-bond donors (Lipinski definition) is 0. The van der Waals surface area contributed by atoms with Gasteiger partial charge in [0.05, 0.1) is 18.8 Å². The van der Waals surface area contributed by atoms with Gasteiger partial charge in [0.15, 0.2) is 22.5 Å². The maximum atomic E-state index is 10.7. The first-order valence-electron chi connectivity index (χ1n) is 8.83. The van der Waals surface area contributed by atoms with Crippen molar-refractivity contribution in [2.24, 2.45) is 0 Å². The number of hydrogen-bond acceptors (Lipinski definition) is 5. The average molecular weight is 442 g/mol. The van der Waals surface area contributed by atoms with Gasteiger partial charge in [0, 0.05) is 19.2 Å². The van der Waals surface area contributed by atoms with Crippen molar-refractivity contribution in [3.63, 3.8) is 0 Å². The molecule has 0 atom stereocenters. The van der Waals surface area contributed by atoms with Crippen molar-refractivity contribution in [1.29, 1.82) is 0 Å². The molecule has 10 heteroatoms. The Balaban J connectivity index is 0.000000343. The molecule has 0 unspecified atom stereocenters. The number of benzene rings is 1. The van der Waals surface area contributed by atoms with Crippen molar-refractivity contribution < 1.29 is 35.4 Å². The van der Waals surface area contributed by atoms with Crippen LogP contribution in [-0.2, 0) is 14.9 Å². The molecule has 0 bridgehead atoms. The van der Waals surface area contributed by atoms with Crippen molar-refractivity contribution >= 4 is 28.1 Å². The van der Waals surface area contributed by atoms with Crippen LogP contribution in [0.4, 0.5) is 18.9 Å². The van der Waals surface area contributed by atoms with Crippen LogP contribution in [0.3, 0.4) is 0 Å². The van der Waals surface area contributed by atoms with E-state index in [2.05, 4.69) is 53.1 Å². The second kappa shape index (κ2) is 9.88. The third kappa shape index (κ3) is 5.91. The summed E-state index contributed by atoms with van der Waals surface area (Å²) in [6, 6.07) is 12.6. The van der Waals surface area contributed by atoms with Crippen LogP contribution in [0.1, 0.15) is 5.56 Å². The predicted octanol–water partition coefficient (Wildman–Crippen LogP) is 3.27. The Labute approximate surface area is 173 Å². The number of nitrogens with zero attached hydrogens (tertiary/aromatic N) is 2. The third-order valence-corrected chi connectivity index (χ3v) is 4.84. The highest BCUT2D eigenvalue weighted by molar-refractivity contribution is 7.86. The first-order valence-corrected chi connectivity index (χ1v) is 10.2. The maximum Gasteiger partial charge on any atom is 0.485 e. The highest BCUT2D eigenvalue weighted by atomic mass is 32.2. The molecule has 6 nitrogen and oxygen atoms in total. The first-order chi connectivity index (χ1) is 14.1. The first kappa shape index (κ1) is 23.6. The van der Waals surface area contributed by atoms with Crippen LogP contribution in [0.2, 0.25) is 0 Å². The van der Waals surface area contributed by atoms with Crippen LogP contribution in [0.5, 0.6) is 0 Å². The van der Waals surface area contributed by atoms with Gasteiger partial charge >= 0.3 is 5.51 Å². The monoisotopic (exact) mass is 442 g/mol. The Morgan fingerprint density at radius 2 is 1.70 bits per heavy atom. The zero-order valence-electron chi connectivity index (χ0n) is 16.0. The quantitative estimate of drug-likeness (QED) is 0.413. The van der Waals surface area contributed by atoms with Crippen LogP contribution >= 0.6 is 0 Å². The molecule has 0 N–H and O–H groups in total. The standard InChI is InChI=1S/C19H21N2O.CHF3O3S/c1-3-16-7-5-6-8-18(16)19-10-9-17(15-20(19)4-2)21-11-13-22-14-12-21;2-1(3,4)8(5,6)7/h3-10,15H,1-2,11-14H2;(H,5,6,7)/q+1;/p-1. The van der Waals surface area contributed by atoms with Crippen molar-refractivity contribution in [3.8, 4) is 11.3 Å². The predicted molar refractivity (Wildman–Crippen MR) is 107 cm³/mol. The largest absolute Gasteiger partial charge is 0.741 e. The van der Waals surface area contributed by atoms with Gasteiger partial charge in [-0.05, 0) is 24.3 Å². The van der Waals surface area contributed by atoms with Crippen molar-refractivity contribution in [3.05, 3.63) is 61.3 Å². The summed E-state index contributed by atoms with van der Waals surface area (Å²) >= 11 is 0.